The molecule has 27 heavy (non-hydrogen) atoms. The number of imidazole rings is 1. The molecular weight excluding hydrogens is 342 g/mol. The number of para-hydroxylation sites is 1. The highest BCUT2D eigenvalue weighted by molar-refractivity contribution is 5.94. The van der Waals surface area contributed by atoms with E-state index in [9.17, 15) is 4.79 Å². The number of ether oxygens (including phenoxy) is 2. The molecule has 1 aromatic heterocycles. The van der Waals surface area contributed by atoms with Crippen LogP contribution in [-0.4, -0.2) is 29.5 Å². The van der Waals surface area contributed by atoms with Gasteiger partial charge in [0, 0.05) is 18.2 Å². The van der Waals surface area contributed by atoms with Crippen molar-refractivity contribution in [2.24, 2.45) is 0 Å². The van der Waals surface area contributed by atoms with Crippen LogP contribution in [0.25, 0.3) is 0 Å². The minimum atomic E-state index is -0.155. The molecule has 138 valence electrons. The largest absolute Gasteiger partial charge is 0.497 e. The van der Waals surface area contributed by atoms with Crippen LogP contribution in [0, 0.1) is 0 Å². The lowest BCUT2D eigenvalue weighted by atomic mass is 9.94. The van der Waals surface area contributed by atoms with Gasteiger partial charge in [0.05, 0.1) is 7.11 Å². The molecule has 0 fully saturated rings. The lowest BCUT2D eigenvalue weighted by Crippen LogP contribution is -2.26. The topological polar surface area (TPSA) is 76.2 Å². The number of H-pyrrole nitrogens is 1. The van der Waals surface area contributed by atoms with Crippen LogP contribution in [0.5, 0.6) is 11.5 Å². The summed E-state index contributed by atoms with van der Waals surface area (Å²) in [5.74, 6) is 2.21. The van der Waals surface area contributed by atoms with Crippen molar-refractivity contribution in [1.82, 2.24) is 15.3 Å². The normalized spacial score (nSPS) is 16.2. The highest BCUT2D eigenvalue weighted by Gasteiger charge is 2.26. The predicted molar refractivity (Wildman–Crippen MR) is 101 cm³/mol. The number of hydrogen-bond donors (Lipinski definition) is 2. The van der Waals surface area contributed by atoms with Crippen molar-refractivity contribution in [3.8, 4) is 11.5 Å². The average molecular weight is 363 g/mol. The summed E-state index contributed by atoms with van der Waals surface area (Å²) in [6.45, 7) is 0.847. The van der Waals surface area contributed by atoms with E-state index in [-0.39, 0.29) is 18.4 Å². The van der Waals surface area contributed by atoms with E-state index >= 15 is 0 Å². The first-order chi connectivity index (χ1) is 13.2. The van der Waals surface area contributed by atoms with Gasteiger partial charge in [-0.1, -0.05) is 30.3 Å². The third-order valence-electron chi connectivity index (χ3n) is 4.69. The Morgan fingerprint density at radius 2 is 1.93 bits per heavy atom. The van der Waals surface area contributed by atoms with Gasteiger partial charge in [-0.05, 0) is 36.2 Å². The Morgan fingerprint density at radius 1 is 1.11 bits per heavy atom. The number of carbonyl (C=O) groups excluding carboxylic acids is 1. The van der Waals surface area contributed by atoms with Gasteiger partial charge in [-0.25, -0.2) is 4.98 Å². The molecule has 2 heterocycles. The molecule has 0 spiro atoms. The van der Waals surface area contributed by atoms with Gasteiger partial charge in [0.1, 0.15) is 29.6 Å². The second-order valence-electron chi connectivity index (χ2n) is 6.50. The number of carbonyl (C=O) groups is 1. The number of nitrogens with one attached hydrogen (secondary N) is 2. The molecule has 4 rings (SSSR count). The van der Waals surface area contributed by atoms with Crippen molar-refractivity contribution >= 4 is 5.91 Å². The molecule has 3 aromatic rings. The highest BCUT2D eigenvalue weighted by Crippen LogP contribution is 2.27. The quantitative estimate of drug-likeness (QED) is 0.730. The van der Waals surface area contributed by atoms with E-state index in [1.54, 1.807) is 7.11 Å². The van der Waals surface area contributed by atoms with Crippen LogP contribution >= 0.6 is 0 Å². The number of rotatable bonds is 5. The van der Waals surface area contributed by atoms with E-state index in [1.807, 2.05) is 48.5 Å². The first-order valence-corrected chi connectivity index (χ1v) is 8.90. The Kier molecular flexibility index (Phi) is 4.78. The second kappa shape index (κ2) is 7.53. The molecule has 0 saturated heterocycles. The van der Waals surface area contributed by atoms with E-state index in [1.165, 1.54) is 0 Å². The summed E-state index contributed by atoms with van der Waals surface area (Å²) >= 11 is 0. The predicted octanol–water partition coefficient (Wildman–Crippen LogP) is 3.07. The summed E-state index contributed by atoms with van der Waals surface area (Å²) < 4.78 is 11.1. The SMILES string of the molecule is COc1cccc([C@H]2CNC(=O)c3nc(COc4ccccc4)[nH]c3C2)c1. The minimum absolute atomic E-state index is 0.147. The van der Waals surface area contributed by atoms with Crippen LogP contribution in [-0.2, 0) is 13.0 Å². The molecule has 2 aromatic carbocycles. The van der Waals surface area contributed by atoms with Crippen molar-refractivity contribution in [2.75, 3.05) is 13.7 Å². The first-order valence-electron chi connectivity index (χ1n) is 8.90. The number of hydrogen-bond acceptors (Lipinski definition) is 4. The van der Waals surface area contributed by atoms with Gasteiger partial charge in [0.2, 0.25) is 0 Å². The van der Waals surface area contributed by atoms with Gasteiger partial charge >= 0.3 is 0 Å². The number of nitrogens with zero attached hydrogens (tertiary/aromatic N) is 1. The number of methoxy groups -OCH3 is 1. The van der Waals surface area contributed by atoms with Gasteiger partial charge in [-0.15, -0.1) is 0 Å². The fraction of sp³-hybridized carbons (Fsp3) is 0.238. The summed E-state index contributed by atoms with van der Waals surface area (Å²) in [4.78, 5) is 20.2. The average Bonchev–Trinajstić information content (AvgIpc) is 3.06. The summed E-state index contributed by atoms with van der Waals surface area (Å²) in [6.07, 6.45) is 0.694. The molecule has 0 aliphatic carbocycles. The van der Waals surface area contributed by atoms with Crippen molar-refractivity contribution in [1.29, 1.82) is 0 Å². The van der Waals surface area contributed by atoms with Crippen molar-refractivity contribution in [3.05, 3.63) is 77.4 Å². The van der Waals surface area contributed by atoms with Crippen LogP contribution in [0.4, 0.5) is 0 Å². The summed E-state index contributed by atoms with van der Waals surface area (Å²) in [6, 6.07) is 17.5. The maximum atomic E-state index is 12.4. The molecule has 6 heteroatoms. The minimum Gasteiger partial charge on any atom is -0.497 e. The van der Waals surface area contributed by atoms with Crippen LogP contribution in [0.2, 0.25) is 0 Å². The van der Waals surface area contributed by atoms with Gasteiger partial charge in [0.15, 0.2) is 0 Å². The number of aromatic amines is 1. The van der Waals surface area contributed by atoms with E-state index in [0.717, 1.165) is 22.8 Å². The molecular formula is C21H21N3O3. The highest BCUT2D eigenvalue weighted by atomic mass is 16.5. The molecule has 1 aliphatic rings. The number of fused-ring (bicyclic) bond motifs is 1. The number of aromatic nitrogens is 2. The Labute approximate surface area is 157 Å². The number of amides is 1. The summed E-state index contributed by atoms with van der Waals surface area (Å²) in [7, 11) is 1.65. The molecule has 6 nitrogen and oxygen atoms in total. The first kappa shape index (κ1) is 17.1. The Balaban J connectivity index is 1.54. The molecule has 0 radical (unpaired) electrons. The van der Waals surface area contributed by atoms with E-state index in [4.69, 9.17) is 9.47 Å². The van der Waals surface area contributed by atoms with Gasteiger partial charge in [0.25, 0.3) is 5.91 Å². The van der Waals surface area contributed by atoms with Crippen LogP contribution in [0.15, 0.2) is 54.6 Å². The smallest absolute Gasteiger partial charge is 0.271 e. The fourth-order valence-corrected chi connectivity index (χ4v) is 3.29. The molecule has 0 bridgehead atoms. The monoisotopic (exact) mass is 363 g/mol. The van der Waals surface area contributed by atoms with Gasteiger partial charge in [-0.2, -0.15) is 0 Å². The van der Waals surface area contributed by atoms with Crippen LogP contribution in [0.3, 0.4) is 0 Å². The van der Waals surface area contributed by atoms with Gasteiger partial charge < -0.3 is 19.8 Å². The zero-order valence-electron chi connectivity index (χ0n) is 15.1. The van der Waals surface area contributed by atoms with Crippen molar-refractivity contribution in [2.45, 2.75) is 18.9 Å². The standard InChI is InChI=1S/C21H21N3O3/c1-26-17-9-5-6-14(10-17)15-11-18-20(21(25)22-12-15)24-19(23-18)13-27-16-7-3-2-4-8-16/h2-10,15H,11-13H2,1H3,(H,22,25)(H,23,24)/t15-/m1/s1. The Morgan fingerprint density at radius 3 is 2.74 bits per heavy atom. The van der Waals surface area contributed by atoms with E-state index < -0.39 is 0 Å². The van der Waals surface area contributed by atoms with E-state index in [2.05, 4.69) is 21.4 Å². The third kappa shape index (κ3) is 3.79. The lowest BCUT2D eigenvalue weighted by Gasteiger charge is -2.15. The summed E-state index contributed by atoms with van der Waals surface area (Å²) in [5, 5.41) is 2.97. The number of benzene rings is 2. The van der Waals surface area contributed by atoms with Crippen molar-refractivity contribution in [3.63, 3.8) is 0 Å². The van der Waals surface area contributed by atoms with Crippen molar-refractivity contribution < 1.29 is 14.3 Å². The summed E-state index contributed by atoms with van der Waals surface area (Å²) in [5.41, 5.74) is 2.41. The Bertz CT molecular complexity index is 937. The maximum absolute atomic E-state index is 12.4. The fourth-order valence-electron chi connectivity index (χ4n) is 3.29. The zero-order valence-corrected chi connectivity index (χ0v) is 15.1. The molecule has 2 N–H and O–H groups in total. The van der Waals surface area contributed by atoms with E-state index in [0.29, 0.717) is 24.5 Å². The Hall–Kier alpha value is -3.28. The molecule has 1 amide bonds. The molecule has 0 saturated carbocycles. The van der Waals surface area contributed by atoms with Gasteiger partial charge in [-0.3, -0.25) is 4.79 Å². The second-order valence-corrected chi connectivity index (χ2v) is 6.50. The van der Waals surface area contributed by atoms with Crippen LogP contribution < -0.4 is 14.8 Å². The lowest BCUT2D eigenvalue weighted by molar-refractivity contribution is 0.0950. The molecule has 1 aliphatic heterocycles. The maximum Gasteiger partial charge on any atom is 0.271 e. The third-order valence-corrected chi connectivity index (χ3v) is 4.69. The zero-order chi connectivity index (χ0) is 18.6. The van der Waals surface area contributed by atoms with Crippen LogP contribution in [0.1, 0.15) is 33.5 Å². The molecule has 1 atom stereocenters. The molecule has 0 unspecified atom stereocenters.